The van der Waals surface area contributed by atoms with Crippen molar-refractivity contribution in [3.63, 3.8) is 0 Å². The maximum absolute atomic E-state index is 6.21. The van der Waals surface area contributed by atoms with Gasteiger partial charge < -0.3 is 4.74 Å². The first kappa shape index (κ1) is 11.5. The SMILES string of the molecule is CC1CCC(CC2=CC(Cl)CCCC2)O1. The minimum Gasteiger partial charge on any atom is -0.375 e. The van der Waals surface area contributed by atoms with Gasteiger partial charge in [0, 0.05) is 0 Å². The van der Waals surface area contributed by atoms with E-state index in [1.54, 1.807) is 0 Å². The molecule has 1 aliphatic carbocycles. The van der Waals surface area contributed by atoms with E-state index in [1.165, 1.54) is 37.7 Å². The van der Waals surface area contributed by atoms with Gasteiger partial charge in [0.15, 0.2) is 0 Å². The van der Waals surface area contributed by atoms with Crippen LogP contribution in [0.5, 0.6) is 0 Å². The van der Waals surface area contributed by atoms with Crippen molar-refractivity contribution in [1.29, 1.82) is 0 Å². The van der Waals surface area contributed by atoms with E-state index >= 15 is 0 Å². The molecule has 0 radical (unpaired) electrons. The Kier molecular flexibility index (Phi) is 4.10. The standard InChI is InChI=1S/C13H21ClO/c1-10-6-7-13(15-10)9-11-4-2-3-5-12(14)8-11/h8,10,12-13H,2-7,9H2,1H3. The zero-order valence-electron chi connectivity index (χ0n) is 9.55. The number of rotatable bonds is 2. The van der Waals surface area contributed by atoms with Gasteiger partial charge in [-0.2, -0.15) is 0 Å². The lowest BCUT2D eigenvalue weighted by atomic mass is 10.0. The second-order valence-corrected chi connectivity index (χ2v) is 5.50. The zero-order chi connectivity index (χ0) is 10.7. The highest BCUT2D eigenvalue weighted by molar-refractivity contribution is 6.21. The van der Waals surface area contributed by atoms with Crippen LogP contribution in [0.2, 0.25) is 0 Å². The van der Waals surface area contributed by atoms with Gasteiger partial charge in [-0.1, -0.05) is 18.1 Å². The van der Waals surface area contributed by atoms with Crippen LogP contribution in [0.15, 0.2) is 11.6 Å². The normalized spacial score (nSPS) is 37.5. The number of hydrogen-bond donors (Lipinski definition) is 0. The van der Waals surface area contributed by atoms with E-state index in [2.05, 4.69) is 13.0 Å². The molecule has 0 aromatic carbocycles. The molecule has 1 heterocycles. The fourth-order valence-corrected chi connectivity index (χ4v) is 2.94. The Morgan fingerprint density at radius 2 is 2.20 bits per heavy atom. The molecule has 0 aromatic heterocycles. The smallest absolute Gasteiger partial charge is 0.0616 e. The number of halogens is 1. The fourth-order valence-electron chi connectivity index (χ4n) is 2.61. The molecular formula is C13H21ClO. The second kappa shape index (κ2) is 5.36. The highest BCUT2D eigenvalue weighted by Gasteiger charge is 2.23. The van der Waals surface area contributed by atoms with Gasteiger partial charge in [-0.25, -0.2) is 0 Å². The third kappa shape index (κ3) is 3.49. The van der Waals surface area contributed by atoms with Gasteiger partial charge in [-0.05, 0) is 45.4 Å². The van der Waals surface area contributed by atoms with Crippen molar-refractivity contribution in [3.05, 3.63) is 11.6 Å². The Hall–Kier alpha value is -0.0100. The van der Waals surface area contributed by atoms with Crippen LogP contribution in [0.3, 0.4) is 0 Å². The Morgan fingerprint density at radius 3 is 2.93 bits per heavy atom. The molecule has 1 fully saturated rings. The van der Waals surface area contributed by atoms with Gasteiger partial charge in [0.1, 0.15) is 0 Å². The van der Waals surface area contributed by atoms with Crippen molar-refractivity contribution in [1.82, 2.24) is 0 Å². The summed E-state index contributed by atoms with van der Waals surface area (Å²) in [6.07, 6.45) is 11.7. The third-order valence-electron chi connectivity index (χ3n) is 3.45. The minimum atomic E-state index is 0.265. The van der Waals surface area contributed by atoms with Crippen molar-refractivity contribution in [2.75, 3.05) is 0 Å². The highest BCUT2D eigenvalue weighted by Crippen LogP contribution is 2.29. The van der Waals surface area contributed by atoms with E-state index in [4.69, 9.17) is 16.3 Å². The van der Waals surface area contributed by atoms with Crippen LogP contribution in [-0.2, 0) is 4.74 Å². The van der Waals surface area contributed by atoms with Crippen LogP contribution in [0.4, 0.5) is 0 Å². The van der Waals surface area contributed by atoms with Gasteiger partial charge in [0.05, 0.1) is 17.6 Å². The Bertz CT molecular complexity index is 237. The van der Waals surface area contributed by atoms with Crippen molar-refractivity contribution >= 4 is 11.6 Å². The van der Waals surface area contributed by atoms with Crippen LogP contribution < -0.4 is 0 Å². The summed E-state index contributed by atoms with van der Waals surface area (Å²) >= 11 is 6.21. The second-order valence-electron chi connectivity index (χ2n) is 4.94. The molecule has 0 aromatic rings. The topological polar surface area (TPSA) is 9.23 Å². The molecule has 1 saturated heterocycles. The summed E-state index contributed by atoms with van der Waals surface area (Å²) in [7, 11) is 0. The Balaban J connectivity index is 1.87. The van der Waals surface area contributed by atoms with Crippen LogP contribution in [0.1, 0.15) is 51.9 Å². The van der Waals surface area contributed by atoms with Gasteiger partial charge in [-0.15, -0.1) is 11.6 Å². The number of ether oxygens (including phenoxy) is 1. The predicted octanol–water partition coefficient (Wildman–Crippen LogP) is 4.05. The number of alkyl halides is 1. The molecule has 2 rings (SSSR count). The molecule has 3 atom stereocenters. The van der Waals surface area contributed by atoms with Crippen molar-refractivity contribution in [2.45, 2.75) is 69.5 Å². The van der Waals surface area contributed by atoms with E-state index in [0.717, 1.165) is 12.8 Å². The van der Waals surface area contributed by atoms with Crippen molar-refractivity contribution < 1.29 is 4.74 Å². The molecule has 2 heteroatoms. The van der Waals surface area contributed by atoms with Crippen LogP contribution >= 0.6 is 11.6 Å². The molecule has 15 heavy (non-hydrogen) atoms. The first-order chi connectivity index (χ1) is 7.24. The van der Waals surface area contributed by atoms with E-state index in [-0.39, 0.29) is 5.38 Å². The highest BCUT2D eigenvalue weighted by atomic mass is 35.5. The Labute approximate surface area is 97.8 Å². The fraction of sp³-hybridized carbons (Fsp3) is 0.846. The maximum Gasteiger partial charge on any atom is 0.0616 e. The van der Waals surface area contributed by atoms with Crippen molar-refractivity contribution in [3.8, 4) is 0 Å². The van der Waals surface area contributed by atoms with E-state index < -0.39 is 0 Å². The van der Waals surface area contributed by atoms with Gasteiger partial charge in [0.2, 0.25) is 0 Å². The zero-order valence-corrected chi connectivity index (χ0v) is 10.3. The van der Waals surface area contributed by atoms with E-state index in [0.29, 0.717) is 12.2 Å². The summed E-state index contributed by atoms with van der Waals surface area (Å²) < 4.78 is 5.86. The summed E-state index contributed by atoms with van der Waals surface area (Å²) in [6, 6.07) is 0. The summed E-state index contributed by atoms with van der Waals surface area (Å²) in [5.74, 6) is 0. The Morgan fingerprint density at radius 1 is 1.33 bits per heavy atom. The number of allylic oxidation sites excluding steroid dienone is 1. The summed E-state index contributed by atoms with van der Waals surface area (Å²) in [4.78, 5) is 0. The minimum absolute atomic E-state index is 0.265. The molecule has 0 bridgehead atoms. The number of hydrogen-bond acceptors (Lipinski definition) is 1. The van der Waals surface area contributed by atoms with E-state index in [9.17, 15) is 0 Å². The average molecular weight is 229 g/mol. The summed E-state index contributed by atoms with van der Waals surface area (Å²) in [5.41, 5.74) is 1.53. The lowest BCUT2D eigenvalue weighted by molar-refractivity contribution is 0.0559. The molecular weight excluding hydrogens is 208 g/mol. The van der Waals surface area contributed by atoms with Gasteiger partial charge in [-0.3, -0.25) is 0 Å². The molecule has 1 nitrogen and oxygen atoms in total. The predicted molar refractivity (Wildman–Crippen MR) is 64.4 cm³/mol. The van der Waals surface area contributed by atoms with Gasteiger partial charge >= 0.3 is 0 Å². The molecule has 0 spiro atoms. The molecule has 0 N–H and O–H groups in total. The summed E-state index contributed by atoms with van der Waals surface area (Å²) in [5, 5.41) is 0.265. The van der Waals surface area contributed by atoms with Crippen LogP contribution in [-0.4, -0.2) is 17.6 Å². The lowest BCUT2D eigenvalue weighted by Crippen LogP contribution is -2.09. The van der Waals surface area contributed by atoms with Crippen LogP contribution in [0, 0.1) is 0 Å². The first-order valence-corrected chi connectivity index (χ1v) is 6.67. The summed E-state index contributed by atoms with van der Waals surface area (Å²) in [6.45, 7) is 2.17. The monoisotopic (exact) mass is 228 g/mol. The van der Waals surface area contributed by atoms with Gasteiger partial charge in [0.25, 0.3) is 0 Å². The molecule has 0 amide bonds. The molecule has 1 aliphatic heterocycles. The first-order valence-electron chi connectivity index (χ1n) is 6.23. The maximum atomic E-state index is 6.21. The average Bonchev–Trinajstić information content (AvgIpc) is 2.46. The van der Waals surface area contributed by atoms with E-state index in [1.807, 2.05) is 0 Å². The van der Waals surface area contributed by atoms with Crippen molar-refractivity contribution in [2.24, 2.45) is 0 Å². The molecule has 0 saturated carbocycles. The lowest BCUT2D eigenvalue weighted by Gasteiger charge is -2.13. The largest absolute Gasteiger partial charge is 0.375 e. The third-order valence-corrected chi connectivity index (χ3v) is 3.80. The van der Waals surface area contributed by atoms with Crippen LogP contribution in [0.25, 0.3) is 0 Å². The molecule has 2 aliphatic rings. The quantitative estimate of drug-likeness (QED) is 0.512. The molecule has 3 unspecified atom stereocenters. The molecule has 86 valence electrons.